The monoisotopic (exact) mass is 445 g/mol. The second-order valence-corrected chi connectivity index (χ2v) is 8.45. The van der Waals surface area contributed by atoms with Crippen LogP contribution in [0.2, 0.25) is 0 Å². The molecule has 0 amide bonds. The Hall–Kier alpha value is -0.240. The summed E-state index contributed by atoms with van der Waals surface area (Å²) in [5, 5.41) is 3.34. The summed E-state index contributed by atoms with van der Waals surface area (Å²) in [6, 6.07) is 0. The van der Waals surface area contributed by atoms with Crippen LogP contribution in [0.5, 0.6) is 0 Å². The number of hydrogen-bond donors (Lipinski definition) is 1. The van der Waals surface area contributed by atoms with Crippen molar-refractivity contribution >= 4 is 0 Å². The highest BCUT2D eigenvalue weighted by molar-refractivity contribution is 4.67. The van der Waals surface area contributed by atoms with Crippen LogP contribution in [0.15, 0.2) is 0 Å². The number of rotatable bonds is 24. The van der Waals surface area contributed by atoms with Gasteiger partial charge in [-0.1, -0.05) is 64.7 Å². The van der Waals surface area contributed by atoms with Gasteiger partial charge in [0.2, 0.25) is 0 Å². The summed E-state index contributed by atoms with van der Waals surface area (Å²) in [4.78, 5) is 0. The molecule has 1 aliphatic heterocycles. The van der Waals surface area contributed by atoms with Crippen molar-refractivity contribution in [3.05, 3.63) is 0 Å². The summed E-state index contributed by atoms with van der Waals surface area (Å²) in [6.07, 6.45) is 16.2. The van der Waals surface area contributed by atoms with Gasteiger partial charge in [0.25, 0.3) is 0 Å². The van der Waals surface area contributed by atoms with Crippen molar-refractivity contribution < 1.29 is 23.7 Å². The molecule has 6 nitrogen and oxygen atoms in total. The Morgan fingerprint density at radius 2 is 0.935 bits per heavy atom. The molecule has 1 heterocycles. The van der Waals surface area contributed by atoms with Gasteiger partial charge < -0.3 is 29.0 Å². The molecular formula is C25H51NO5. The number of ether oxygens (including phenoxy) is 5. The van der Waals surface area contributed by atoms with Crippen molar-refractivity contribution in [2.24, 2.45) is 0 Å². The minimum Gasteiger partial charge on any atom is -0.379 e. The maximum absolute atomic E-state index is 5.79. The lowest BCUT2D eigenvalue weighted by atomic mass is 10.1. The van der Waals surface area contributed by atoms with Crippen LogP contribution < -0.4 is 5.32 Å². The summed E-state index contributed by atoms with van der Waals surface area (Å²) in [5.41, 5.74) is 0. The van der Waals surface area contributed by atoms with E-state index < -0.39 is 0 Å². The van der Waals surface area contributed by atoms with Crippen LogP contribution in [-0.4, -0.2) is 78.7 Å². The highest BCUT2D eigenvalue weighted by Crippen LogP contribution is 2.10. The minimum atomic E-state index is 0.400. The molecule has 1 saturated heterocycles. The second kappa shape index (κ2) is 24.4. The summed E-state index contributed by atoms with van der Waals surface area (Å²) >= 11 is 0. The van der Waals surface area contributed by atoms with E-state index in [-0.39, 0.29) is 0 Å². The SMILES string of the molecule is CCCCCCCCCCCCOCCOCCOCCOCCOC1CCNCC1. The number of piperidine rings is 1. The van der Waals surface area contributed by atoms with E-state index in [9.17, 15) is 0 Å². The smallest absolute Gasteiger partial charge is 0.0704 e. The van der Waals surface area contributed by atoms with Gasteiger partial charge in [-0.3, -0.25) is 0 Å². The summed E-state index contributed by atoms with van der Waals surface area (Å²) in [5.74, 6) is 0. The van der Waals surface area contributed by atoms with Crippen LogP contribution in [-0.2, 0) is 23.7 Å². The molecule has 31 heavy (non-hydrogen) atoms. The zero-order chi connectivity index (χ0) is 22.1. The molecular weight excluding hydrogens is 394 g/mol. The molecule has 0 bridgehead atoms. The maximum Gasteiger partial charge on any atom is 0.0704 e. The molecule has 0 saturated carbocycles. The third kappa shape index (κ3) is 21.4. The minimum absolute atomic E-state index is 0.400. The van der Waals surface area contributed by atoms with Crippen molar-refractivity contribution in [1.29, 1.82) is 0 Å². The lowest BCUT2D eigenvalue weighted by molar-refractivity contribution is -0.0280. The van der Waals surface area contributed by atoms with Crippen LogP contribution in [0.4, 0.5) is 0 Å². The molecule has 0 aromatic carbocycles. The van der Waals surface area contributed by atoms with E-state index in [1.165, 1.54) is 64.2 Å². The van der Waals surface area contributed by atoms with Crippen LogP contribution >= 0.6 is 0 Å². The van der Waals surface area contributed by atoms with Crippen LogP contribution in [0.3, 0.4) is 0 Å². The Balaban J connectivity index is 1.62. The normalized spacial score (nSPS) is 15.0. The number of unbranched alkanes of at least 4 members (excludes halogenated alkanes) is 9. The van der Waals surface area contributed by atoms with Gasteiger partial charge in [-0.05, 0) is 32.4 Å². The largest absolute Gasteiger partial charge is 0.379 e. The topological polar surface area (TPSA) is 58.2 Å². The summed E-state index contributed by atoms with van der Waals surface area (Å²) in [6.45, 7) is 10.3. The van der Waals surface area contributed by atoms with Crippen molar-refractivity contribution in [2.75, 3.05) is 72.6 Å². The molecule has 6 heteroatoms. The lowest BCUT2D eigenvalue weighted by Crippen LogP contribution is -2.33. The van der Waals surface area contributed by atoms with Crippen molar-refractivity contribution in [1.82, 2.24) is 5.32 Å². The highest BCUT2D eigenvalue weighted by Gasteiger charge is 2.12. The van der Waals surface area contributed by atoms with E-state index in [1.807, 2.05) is 0 Å². The molecule has 1 rings (SSSR count). The summed E-state index contributed by atoms with van der Waals surface area (Å²) < 4.78 is 28.0. The Bertz CT molecular complexity index is 340. The number of hydrogen-bond acceptors (Lipinski definition) is 6. The van der Waals surface area contributed by atoms with E-state index in [0.717, 1.165) is 32.5 Å². The zero-order valence-corrected chi connectivity index (χ0v) is 20.4. The Morgan fingerprint density at radius 1 is 0.516 bits per heavy atom. The Morgan fingerprint density at radius 3 is 1.45 bits per heavy atom. The fourth-order valence-electron chi connectivity index (χ4n) is 3.69. The highest BCUT2D eigenvalue weighted by atomic mass is 16.6. The number of nitrogens with one attached hydrogen (secondary N) is 1. The predicted octanol–water partition coefficient (Wildman–Crippen LogP) is 4.74. The fraction of sp³-hybridized carbons (Fsp3) is 1.00. The first-order valence-electron chi connectivity index (χ1n) is 13.1. The van der Waals surface area contributed by atoms with Crippen LogP contribution in [0.25, 0.3) is 0 Å². The van der Waals surface area contributed by atoms with E-state index in [4.69, 9.17) is 23.7 Å². The standard InChI is InChI=1S/C25H51NO5/c1-2-3-4-5-6-7-8-9-10-11-16-27-17-18-28-19-20-29-21-22-30-23-24-31-25-12-14-26-15-13-25/h25-26H,2-24H2,1H3. The van der Waals surface area contributed by atoms with Gasteiger partial charge in [0.1, 0.15) is 0 Å². The third-order valence-corrected chi connectivity index (χ3v) is 5.63. The van der Waals surface area contributed by atoms with Gasteiger partial charge in [0.05, 0.1) is 59.0 Å². The average molecular weight is 446 g/mol. The molecule has 1 fully saturated rings. The van der Waals surface area contributed by atoms with Crippen LogP contribution in [0, 0.1) is 0 Å². The van der Waals surface area contributed by atoms with Crippen molar-refractivity contribution in [3.63, 3.8) is 0 Å². The molecule has 1 N–H and O–H groups in total. The molecule has 0 spiro atoms. The summed E-state index contributed by atoms with van der Waals surface area (Å²) in [7, 11) is 0. The van der Waals surface area contributed by atoms with Crippen LogP contribution in [0.1, 0.15) is 84.0 Å². The Labute approximate surface area is 192 Å². The van der Waals surface area contributed by atoms with Gasteiger partial charge >= 0.3 is 0 Å². The first-order chi connectivity index (χ1) is 15.4. The van der Waals surface area contributed by atoms with E-state index in [1.54, 1.807) is 0 Å². The van der Waals surface area contributed by atoms with Gasteiger partial charge in [-0.15, -0.1) is 0 Å². The predicted molar refractivity (Wildman–Crippen MR) is 127 cm³/mol. The fourth-order valence-corrected chi connectivity index (χ4v) is 3.69. The molecule has 0 aliphatic carbocycles. The molecule has 0 unspecified atom stereocenters. The third-order valence-electron chi connectivity index (χ3n) is 5.63. The van der Waals surface area contributed by atoms with Gasteiger partial charge in [-0.25, -0.2) is 0 Å². The van der Waals surface area contributed by atoms with Crippen molar-refractivity contribution in [2.45, 2.75) is 90.1 Å². The second-order valence-electron chi connectivity index (χ2n) is 8.45. The first kappa shape index (κ1) is 28.8. The van der Waals surface area contributed by atoms with Gasteiger partial charge in [0.15, 0.2) is 0 Å². The quantitative estimate of drug-likeness (QED) is 0.217. The van der Waals surface area contributed by atoms with E-state index in [2.05, 4.69) is 12.2 Å². The molecule has 0 aromatic heterocycles. The molecule has 0 radical (unpaired) electrons. The van der Waals surface area contributed by atoms with E-state index >= 15 is 0 Å². The Kier molecular flexibility index (Phi) is 22.7. The average Bonchev–Trinajstić information content (AvgIpc) is 2.80. The molecule has 186 valence electrons. The zero-order valence-electron chi connectivity index (χ0n) is 20.4. The molecule has 1 aliphatic rings. The maximum atomic E-state index is 5.79. The lowest BCUT2D eigenvalue weighted by Gasteiger charge is -2.22. The van der Waals surface area contributed by atoms with E-state index in [0.29, 0.717) is 59.0 Å². The van der Waals surface area contributed by atoms with Crippen molar-refractivity contribution in [3.8, 4) is 0 Å². The molecule has 0 atom stereocenters. The molecule has 0 aromatic rings. The first-order valence-corrected chi connectivity index (χ1v) is 13.1. The van der Waals surface area contributed by atoms with Gasteiger partial charge in [0, 0.05) is 6.61 Å². The van der Waals surface area contributed by atoms with Gasteiger partial charge in [-0.2, -0.15) is 0 Å².